The summed E-state index contributed by atoms with van der Waals surface area (Å²) in [5.74, 6) is -0.145. The van der Waals surface area contributed by atoms with E-state index in [0.29, 0.717) is 0 Å². The largest absolute Gasteiger partial charge is 0.468 e. The highest BCUT2D eigenvalue weighted by molar-refractivity contribution is 9.10. The molecule has 0 rings (SSSR count). The molecule has 126 valence electrons. The van der Waals surface area contributed by atoms with Crippen LogP contribution < -0.4 is 0 Å². The van der Waals surface area contributed by atoms with Crippen molar-refractivity contribution in [3.63, 3.8) is 0 Å². The third kappa shape index (κ3) is 14.6. The van der Waals surface area contributed by atoms with Gasteiger partial charge in [-0.05, 0) is 6.42 Å². The van der Waals surface area contributed by atoms with Crippen LogP contribution in [0.2, 0.25) is 0 Å². The SMILES string of the molecule is CCCCCCCCCCCCCCCC(Br)C(=O)OC. The first-order valence-corrected chi connectivity index (χ1v) is 9.85. The lowest BCUT2D eigenvalue weighted by Crippen LogP contribution is -2.15. The molecular weight excluding hydrogens is 328 g/mol. The standard InChI is InChI=1S/C18H35BrO2/c1-3-4-5-6-7-8-9-10-11-12-13-14-15-16-17(19)18(20)21-2/h17H,3-16H2,1-2H3. The van der Waals surface area contributed by atoms with Crippen molar-refractivity contribution in [1.29, 1.82) is 0 Å². The Morgan fingerprint density at radius 1 is 0.810 bits per heavy atom. The Morgan fingerprint density at radius 3 is 1.57 bits per heavy atom. The number of rotatable bonds is 15. The topological polar surface area (TPSA) is 26.3 Å². The van der Waals surface area contributed by atoms with Gasteiger partial charge in [0.05, 0.1) is 7.11 Å². The molecule has 21 heavy (non-hydrogen) atoms. The lowest BCUT2D eigenvalue weighted by Gasteiger charge is -2.07. The predicted molar refractivity (Wildman–Crippen MR) is 95.0 cm³/mol. The lowest BCUT2D eigenvalue weighted by atomic mass is 10.0. The number of hydrogen-bond donors (Lipinski definition) is 0. The first kappa shape index (κ1) is 20.9. The monoisotopic (exact) mass is 362 g/mol. The highest BCUT2D eigenvalue weighted by Crippen LogP contribution is 2.15. The van der Waals surface area contributed by atoms with Gasteiger partial charge in [-0.3, -0.25) is 4.79 Å². The van der Waals surface area contributed by atoms with Crippen LogP contribution in [0.4, 0.5) is 0 Å². The molecule has 1 atom stereocenters. The van der Waals surface area contributed by atoms with E-state index in [1.165, 1.54) is 84.2 Å². The highest BCUT2D eigenvalue weighted by Gasteiger charge is 2.13. The molecule has 0 amide bonds. The van der Waals surface area contributed by atoms with E-state index in [1.54, 1.807) is 0 Å². The average molecular weight is 363 g/mol. The number of unbranched alkanes of at least 4 members (excludes halogenated alkanes) is 12. The minimum atomic E-state index is -0.145. The summed E-state index contributed by atoms with van der Waals surface area (Å²) in [6, 6.07) is 0. The van der Waals surface area contributed by atoms with Crippen molar-refractivity contribution in [2.45, 2.75) is 102 Å². The van der Waals surface area contributed by atoms with Gasteiger partial charge in [-0.1, -0.05) is 106 Å². The number of carbonyl (C=O) groups excluding carboxylic acids is 1. The molecule has 1 unspecified atom stereocenters. The van der Waals surface area contributed by atoms with Crippen LogP contribution in [0.3, 0.4) is 0 Å². The van der Waals surface area contributed by atoms with E-state index in [0.717, 1.165) is 12.8 Å². The summed E-state index contributed by atoms with van der Waals surface area (Å²) in [7, 11) is 1.44. The highest BCUT2D eigenvalue weighted by atomic mass is 79.9. The number of alkyl halides is 1. The molecule has 0 N–H and O–H groups in total. The molecule has 3 heteroatoms. The molecule has 0 saturated heterocycles. The molecule has 0 spiro atoms. The normalized spacial score (nSPS) is 12.3. The van der Waals surface area contributed by atoms with E-state index in [-0.39, 0.29) is 10.8 Å². The van der Waals surface area contributed by atoms with E-state index >= 15 is 0 Å². The summed E-state index contributed by atoms with van der Waals surface area (Å²) in [5.41, 5.74) is 0. The zero-order valence-electron chi connectivity index (χ0n) is 14.2. The van der Waals surface area contributed by atoms with Crippen molar-refractivity contribution in [3.8, 4) is 0 Å². The van der Waals surface area contributed by atoms with Crippen LogP contribution in [0.25, 0.3) is 0 Å². The summed E-state index contributed by atoms with van der Waals surface area (Å²) >= 11 is 3.36. The Kier molecular flexibility index (Phi) is 16.3. The quantitative estimate of drug-likeness (QED) is 0.191. The van der Waals surface area contributed by atoms with Crippen LogP contribution in [0.1, 0.15) is 96.8 Å². The third-order valence-electron chi connectivity index (χ3n) is 4.02. The van der Waals surface area contributed by atoms with Crippen LogP contribution in [0, 0.1) is 0 Å². The van der Waals surface area contributed by atoms with Gasteiger partial charge in [0.2, 0.25) is 0 Å². The molecule has 0 radical (unpaired) electrons. The minimum absolute atomic E-state index is 0.116. The molecule has 0 heterocycles. The Bertz CT molecular complexity index is 231. The van der Waals surface area contributed by atoms with Gasteiger partial charge in [-0.25, -0.2) is 0 Å². The second-order valence-corrected chi connectivity index (χ2v) is 7.13. The summed E-state index contributed by atoms with van der Waals surface area (Å²) in [6.07, 6.45) is 18.5. The molecule has 0 saturated carbocycles. The van der Waals surface area contributed by atoms with Gasteiger partial charge in [0.25, 0.3) is 0 Å². The Balaban J connectivity index is 3.11. The smallest absolute Gasteiger partial charge is 0.319 e. The van der Waals surface area contributed by atoms with Crippen molar-refractivity contribution >= 4 is 21.9 Å². The third-order valence-corrected chi connectivity index (χ3v) is 4.85. The van der Waals surface area contributed by atoms with Crippen LogP contribution in [0.5, 0.6) is 0 Å². The maximum atomic E-state index is 11.2. The van der Waals surface area contributed by atoms with E-state index < -0.39 is 0 Å². The summed E-state index contributed by atoms with van der Waals surface area (Å²) in [4.78, 5) is 11.1. The Morgan fingerprint density at radius 2 is 1.19 bits per heavy atom. The second kappa shape index (κ2) is 16.3. The number of hydrogen-bond acceptors (Lipinski definition) is 2. The van der Waals surface area contributed by atoms with Gasteiger partial charge < -0.3 is 4.74 Å². The van der Waals surface area contributed by atoms with Gasteiger partial charge in [-0.2, -0.15) is 0 Å². The molecule has 2 nitrogen and oxygen atoms in total. The molecule has 0 bridgehead atoms. The average Bonchev–Trinajstić information content (AvgIpc) is 2.50. The molecular formula is C18H35BrO2. The minimum Gasteiger partial charge on any atom is -0.468 e. The molecule has 0 aromatic heterocycles. The lowest BCUT2D eigenvalue weighted by molar-refractivity contribution is -0.139. The first-order chi connectivity index (χ1) is 10.2. The number of carbonyl (C=O) groups is 1. The molecule has 0 aromatic carbocycles. The van der Waals surface area contributed by atoms with Crippen LogP contribution >= 0.6 is 15.9 Å². The van der Waals surface area contributed by atoms with Crippen LogP contribution in [0.15, 0.2) is 0 Å². The van der Waals surface area contributed by atoms with Crippen molar-refractivity contribution in [2.24, 2.45) is 0 Å². The number of esters is 1. The molecule has 0 aliphatic carbocycles. The van der Waals surface area contributed by atoms with Crippen molar-refractivity contribution in [2.75, 3.05) is 7.11 Å². The Labute approximate surface area is 140 Å². The molecule has 0 aromatic rings. The summed E-state index contributed by atoms with van der Waals surface area (Å²) in [6.45, 7) is 2.27. The van der Waals surface area contributed by atoms with Crippen LogP contribution in [-0.4, -0.2) is 17.9 Å². The number of methoxy groups -OCH3 is 1. The second-order valence-electron chi connectivity index (χ2n) is 6.02. The van der Waals surface area contributed by atoms with Gasteiger partial charge >= 0.3 is 5.97 Å². The van der Waals surface area contributed by atoms with E-state index in [1.807, 2.05) is 0 Å². The summed E-state index contributed by atoms with van der Waals surface area (Å²) < 4.78 is 4.69. The van der Waals surface area contributed by atoms with E-state index in [4.69, 9.17) is 4.74 Å². The Hall–Kier alpha value is -0.0500. The van der Waals surface area contributed by atoms with E-state index in [2.05, 4.69) is 22.9 Å². The fraction of sp³-hybridized carbons (Fsp3) is 0.944. The maximum absolute atomic E-state index is 11.2. The van der Waals surface area contributed by atoms with Crippen molar-refractivity contribution in [1.82, 2.24) is 0 Å². The van der Waals surface area contributed by atoms with Crippen molar-refractivity contribution in [3.05, 3.63) is 0 Å². The fourth-order valence-corrected chi connectivity index (χ4v) is 3.10. The van der Waals surface area contributed by atoms with Gasteiger partial charge in [-0.15, -0.1) is 0 Å². The zero-order chi connectivity index (χ0) is 15.8. The van der Waals surface area contributed by atoms with Crippen LogP contribution in [-0.2, 0) is 9.53 Å². The number of ether oxygens (including phenoxy) is 1. The first-order valence-electron chi connectivity index (χ1n) is 8.94. The number of halogens is 1. The predicted octanol–water partition coefficient (Wildman–Crippen LogP) is 6.40. The maximum Gasteiger partial charge on any atom is 0.319 e. The zero-order valence-corrected chi connectivity index (χ0v) is 15.8. The fourth-order valence-electron chi connectivity index (χ4n) is 2.59. The van der Waals surface area contributed by atoms with Gasteiger partial charge in [0.15, 0.2) is 0 Å². The van der Waals surface area contributed by atoms with Crippen molar-refractivity contribution < 1.29 is 9.53 Å². The van der Waals surface area contributed by atoms with Gasteiger partial charge in [0, 0.05) is 0 Å². The molecule has 0 aliphatic rings. The van der Waals surface area contributed by atoms with Gasteiger partial charge in [0.1, 0.15) is 4.83 Å². The molecule has 0 fully saturated rings. The van der Waals surface area contributed by atoms with E-state index in [9.17, 15) is 4.79 Å². The summed E-state index contributed by atoms with van der Waals surface area (Å²) in [5, 5.41) is 0. The molecule has 0 aliphatic heterocycles.